The molecule has 0 saturated heterocycles. The molecule has 0 atom stereocenters. The van der Waals surface area contributed by atoms with Crippen LogP contribution in [0.15, 0.2) is 24.3 Å². The van der Waals surface area contributed by atoms with Crippen LogP contribution < -0.4 is 10.5 Å². The van der Waals surface area contributed by atoms with E-state index >= 15 is 0 Å². The molecule has 0 heterocycles. The van der Waals surface area contributed by atoms with E-state index in [1.807, 2.05) is 0 Å². The van der Waals surface area contributed by atoms with Gasteiger partial charge in [0.25, 0.3) is 0 Å². The summed E-state index contributed by atoms with van der Waals surface area (Å²) < 4.78 is 4.98. The molecule has 0 aliphatic carbocycles. The number of nitrogens with two attached hydrogens (primary N) is 1. The predicted octanol–water partition coefficient (Wildman–Crippen LogP) is 1.49. The molecule has 0 spiro atoms. The zero-order chi connectivity index (χ0) is 9.68. The highest BCUT2D eigenvalue weighted by Gasteiger charge is 1.96. The van der Waals surface area contributed by atoms with Crippen molar-refractivity contribution in [2.45, 2.75) is 0 Å². The topological polar surface area (TPSA) is 52.3 Å². The Bertz CT molecular complexity index is 332. The first-order chi connectivity index (χ1) is 6.27. The summed E-state index contributed by atoms with van der Waals surface area (Å²) in [5, 5.41) is 0. The van der Waals surface area contributed by atoms with E-state index in [9.17, 15) is 4.79 Å². The molecule has 13 heavy (non-hydrogen) atoms. The fraction of sp³-hybridized carbons (Fsp3) is 0.100. The smallest absolute Gasteiger partial charge is 0.142 e. The minimum Gasteiger partial charge on any atom is -0.497 e. The van der Waals surface area contributed by atoms with Crippen molar-refractivity contribution in [2.24, 2.45) is 0 Å². The Morgan fingerprint density at radius 3 is 2.77 bits per heavy atom. The molecule has 1 aromatic carbocycles. The first kappa shape index (κ1) is 9.32. The second kappa shape index (κ2) is 4.30. The van der Waals surface area contributed by atoms with Gasteiger partial charge in [-0.15, -0.1) is 0 Å². The molecule has 0 unspecified atom stereocenters. The highest BCUT2D eigenvalue weighted by Crippen LogP contribution is 2.20. The SMILES string of the molecule is COc1ccc(C=CC=O)c(N)c1. The number of carbonyl (C=O) groups is 1. The third kappa shape index (κ3) is 2.33. The molecule has 0 aliphatic heterocycles. The lowest BCUT2D eigenvalue weighted by molar-refractivity contribution is -0.104. The zero-order valence-corrected chi connectivity index (χ0v) is 7.36. The van der Waals surface area contributed by atoms with Crippen molar-refractivity contribution < 1.29 is 9.53 Å². The molecule has 0 fully saturated rings. The lowest BCUT2D eigenvalue weighted by Gasteiger charge is -2.03. The third-order valence-electron chi connectivity index (χ3n) is 1.65. The molecule has 0 radical (unpaired) electrons. The molecule has 68 valence electrons. The van der Waals surface area contributed by atoms with Crippen molar-refractivity contribution in [1.29, 1.82) is 0 Å². The average molecular weight is 177 g/mol. The van der Waals surface area contributed by atoms with Crippen LogP contribution in [0.2, 0.25) is 0 Å². The summed E-state index contributed by atoms with van der Waals surface area (Å²) in [4.78, 5) is 10.1. The van der Waals surface area contributed by atoms with Crippen molar-refractivity contribution in [3.8, 4) is 5.75 Å². The normalized spacial score (nSPS) is 10.2. The van der Waals surface area contributed by atoms with E-state index in [0.717, 1.165) is 5.56 Å². The summed E-state index contributed by atoms with van der Waals surface area (Å²) in [6.45, 7) is 0. The van der Waals surface area contributed by atoms with Crippen LogP contribution in [0.3, 0.4) is 0 Å². The quantitative estimate of drug-likeness (QED) is 0.432. The van der Waals surface area contributed by atoms with Crippen LogP contribution in [0, 0.1) is 0 Å². The van der Waals surface area contributed by atoms with Crippen LogP contribution in [0.4, 0.5) is 5.69 Å². The Labute approximate surface area is 76.8 Å². The largest absolute Gasteiger partial charge is 0.497 e. The standard InChI is InChI=1S/C10H11NO2/c1-13-9-5-4-8(3-2-6-12)10(11)7-9/h2-7H,11H2,1H3. The third-order valence-corrected chi connectivity index (χ3v) is 1.65. The Morgan fingerprint density at radius 2 is 2.23 bits per heavy atom. The molecule has 3 nitrogen and oxygen atoms in total. The van der Waals surface area contributed by atoms with Gasteiger partial charge in [-0.1, -0.05) is 0 Å². The number of benzene rings is 1. The van der Waals surface area contributed by atoms with Gasteiger partial charge in [0.15, 0.2) is 0 Å². The minimum atomic E-state index is 0.595. The Kier molecular flexibility index (Phi) is 3.09. The van der Waals surface area contributed by atoms with Gasteiger partial charge in [-0.3, -0.25) is 4.79 Å². The number of hydrogen-bond acceptors (Lipinski definition) is 3. The first-order valence-electron chi connectivity index (χ1n) is 3.83. The van der Waals surface area contributed by atoms with Crippen LogP contribution in [-0.4, -0.2) is 13.4 Å². The molecule has 1 rings (SSSR count). The number of carbonyl (C=O) groups excluding carboxylic acids is 1. The predicted molar refractivity (Wildman–Crippen MR) is 52.5 cm³/mol. The van der Waals surface area contributed by atoms with Gasteiger partial charge >= 0.3 is 0 Å². The number of ether oxygens (including phenoxy) is 1. The maximum atomic E-state index is 10.1. The summed E-state index contributed by atoms with van der Waals surface area (Å²) in [5.74, 6) is 0.709. The number of aldehydes is 1. The average Bonchev–Trinajstić information content (AvgIpc) is 2.16. The second-order valence-corrected chi connectivity index (χ2v) is 2.49. The van der Waals surface area contributed by atoms with Gasteiger partial charge in [0.2, 0.25) is 0 Å². The van der Waals surface area contributed by atoms with E-state index in [0.29, 0.717) is 17.7 Å². The van der Waals surface area contributed by atoms with Crippen molar-refractivity contribution in [3.63, 3.8) is 0 Å². The molecule has 0 amide bonds. The fourth-order valence-electron chi connectivity index (χ4n) is 0.975. The minimum absolute atomic E-state index is 0.595. The second-order valence-electron chi connectivity index (χ2n) is 2.49. The number of methoxy groups -OCH3 is 1. The summed E-state index contributed by atoms with van der Waals surface area (Å²) in [6.07, 6.45) is 3.77. The fourth-order valence-corrected chi connectivity index (χ4v) is 0.975. The molecule has 3 heteroatoms. The van der Waals surface area contributed by atoms with E-state index in [4.69, 9.17) is 10.5 Å². The maximum Gasteiger partial charge on any atom is 0.142 e. The summed E-state index contributed by atoms with van der Waals surface area (Å²) in [5.41, 5.74) is 7.10. The number of anilines is 1. The van der Waals surface area contributed by atoms with Crippen molar-refractivity contribution in [3.05, 3.63) is 29.8 Å². The molecule has 0 saturated carbocycles. The number of hydrogen-bond donors (Lipinski definition) is 1. The number of nitrogen functional groups attached to an aromatic ring is 1. The van der Waals surface area contributed by atoms with Gasteiger partial charge in [0.1, 0.15) is 12.0 Å². The van der Waals surface area contributed by atoms with Crippen molar-refractivity contribution >= 4 is 18.0 Å². The summed E-state index contributed by atoms with van der Waals surface area (Å²) in [7, 11) is 1.58. The molecule has 1 aromatic rings. The van der Waals surface area contributed by atoms with E-state index in [2.05, 4.69) is 0 Å². The monoisotopic (exact) mass is 177 g/mol. The first-order valence-corrected chi connectivity index (χ1v) is 3.83. The van der Waals surface area contributed by atoms with Crippen LogP contribution in [0.25, 0.3) is 6.08 Å². The van der Waals surface area contributed by atoms with Gasteiger partial charge < -0.3 is 10.5 Å². The number of rotatable bonds is 3. The summed E-state index contributed by atoms with van der Waals surface area (Å²) in [6, 6.07) is 5.31. The summed E-state index contributed by atoms with van der Waals surface area (Å²) >= 11 is 0. The van der Waals surface area contributed by atoms with E-state index in [1.54, 1.807) is 31.4 Å². The van der Waals surface area contributed by atoms with E-state index in [-0.39, 0.29) is 0 Å². The van der Waals surface area contributed by atoms with Crippen LogP contribution >= 0.6 is 0 Å². The number of allylic oxidation sites excluding steroid dienone is 1. The Balaban J connectivity index is 2.98. The van der Waals surface area contributed by atoms with Gasteiger partial charge in [-0.2, -0.15) is 0 Å². The van der Waals surface area contributed by atoms with Gasteiger partial charge in [-0.25, -0.2) is 0 Å². The molecule has 0 aromatic heterocycles. The highest BCUT2D eigenvalue weighted by molar-refractivity contribution is 5.77. The lowest BCUT2D eigenvalue weighted by atomic mass is 10.1. The van der Waals surface area contributed by atoms with Gasteiger partial charge in [-0.05, 0) is 29.8 Å². The van der Waals surface area contributed by atoms with Crippen LogP contribution in [0.1, 0.15) is 5.56 Å². The molecule has 2 N–H and O–H groups in total. The lowest BCUT2D eigenvalue weighted by Crippen LogP contribution is -1.91. The van der Waals surface area contributed by atoms with Gasteiger partial charge in [0, 0.05) is 11.8 Å². The van der Waals surface area contributed by atoms with Crippen molar-refractivity contribution in [1.82, 2.24) is 0 Å². The van der Waals surface area contributed by atoms with E-state index in [1.165, 1.54) is 6.08 Å². The molecule has 0 bridgehead atoms. The molecule has 0 aliphatic rings. The highest BCUT2D eigenvalue weighted by atomic mass is 16.5. The maximum absolute atomic E-state index is 10.1. The Morgan fingerprint density at radius 1 is 1.46 bits per heavy atom. The van der Waals surface area contributed by atoms with Crippen LogP contribution in [-0.2, 0) is 4.79 Å². The Hall–Kier alpha value is -1.77. The zero-order valence-electron chi connectivity index (χ0n) is 7.36. The molecular formula is C10H11NO2. The molecular weight excluding hydrogens is 166 g/mol. The van der Waals surface area contributed by atoms with Crippen molar-refractivity contribution in [2.75, 3.05) is 12.8 Å². The van der Waals surface area contributed by atoms with E-state index < -0.39 is 0 Å². The van der Waals surface area contributed by atoms with Gasteiger partial charge in [0.05, 0.1) is 7.11 Å². The van der Waals surface area contributed by atoms with Crippen LogP contribution in [0.5, 0.6) is 5.75 Å².